The van der Waals surface area contributed by atoms with E-state index in [0.29, 0.717) is 25.2 Å². The molecule has 1 aliphatic carbocycles. The zero-order chi connectivity index (χ0) is 23.9. The summed E-state index contributed by atoms with van der Waals surface area (Å²) in [6.07, 6.45) is 4.81. The molecule has 34 heavy (non-hydrogen) atoms. The van der Waals surface area contributed by atoms with Crippen LogP contribution in [0.25, 0.3) is 0 Å². The van der Waals surface area contributed by atoms with Crippen molar-refractivity contribution in [2.24, 2.45) is 4.99 Å². The summed E-state index contributed by atoms with van der Waals surface area (Å²) in [7, 11) is 0. The molecule has 0 radical (unpaired) electrons. The average Bonchev–Trinajstić information content (AvgIpc) is 3.39. The second-order valence-electron chi connectivity index (χ2n) is 9.15. The number of piperidine rings is 1. The summed E-state index contributed by atoms with van der Waals surface area (Å²) >= 11 is 0. The van der Waals surface area contributed by atoms with Crippen LogP contribution in [0.1, 0.15) is 48.9 Å². The van der Waals surface area contributed by atoms with E-state index in [1.807, 2.05) is 0 Å². The number of carbonyl (C=O) groups is 2. The van der Waals surface area contributed by atoms with Gasteiger partial charge in [0.1, 0.15) is 28.8 Å². The van der Waals surface area contributed by atoms with Gasteiger partial charge < -0.3 is 4.90 Å². The van der Waals surface area contributed by atoms with E-state index in [-0.39, 0.29) is 23.8 Å². The van der Waals surface area contributed by atoms with E-state index < -0.39 is 34.9 Å². The molecule has 2 saturated heterocycles. The number of likely N-dealkylation sites (tertiary alicyclic amines) is 1. The molecule has 2 aromatic rings. The Balaban J connectivity index is 1.58. The van der Waals surface area contributed by atoms with Crippen LogP contribution in [0.3, 0.4) is 0 Å². The summed E-state index contributed by atoms with van der Waals surface area (Å²) in [6.45, 7) is 0.397. The first-order chi connectivity index (χ1) is 16.4. The Morgan fingerprint density at radius 1 is 1.03 bits per heavy atom. The number of nitrogens with zero attached hydrogens (tertiary/aromatic N) is 3. The van der Waals surface area contributed by atoms with Crippen LogP contribution in [0.4, 0.5) is 23.7 Å². The van der Waals surface area contributed by atoms with Crippen molar-refractivity contribution < 1.29 is 22.8 Å². The number of benzene rings is 2. The monoisotopic (exact) mass is 470 g/mol. The standard InChI is InChI=1S/C25H25F3N4O2/c26-16-12-17(27)14-19(13-16)32-24(34)30-23(29-18-6-1-2-7-18)25(32)10-5-11-31(15-25)22(33)20-8-3-4-9-21(20)28/h3-4,8-9,12-14,18H,1-2,5-7,10-11,15H2,(H,29,30,34). The van der Waals surface area contributed by atoms with Gasteiger partial charge in [0.2, 0.25) is 0 Å². The number of hydrogen-bond acceptors (Lipinski definition) is 3. The van der Waals surface area contributed by atoms with Crippen LogP contribution in [0.15, 0.2) is 47.5 Å². The van der Waals surface area contributed by atoms with Gasteiger partial charge in [-0.25, -0.2) is 18.0 Å². The lowest BCUT2D eigenvalue weighted by atomic mass is 9.86. The van der Waals surface area contributed by atoms with Crippen molar-refractivity contribution in [1.82, 2.24) is 10.2 Å². The molecular formula is C25H25F3N4O2. The predicted molar refractivity (Wildman–Crippen MR) is 121 cm³/mol. The van der Waals surface area contributed by atoms with Crippen LogP contribution in [-0.4, -0.2) is 47.3 Å². The predicted octanol–water partition coefficient (Wildman–Crippen LogP) is 4.65. The van der Waals surface area contributed by atoms with Crippen LogP contribution < -0.4 is 10.2 Å². The number of urea groups is 1. The minimum Gasteiger partial charge on any atom is -0.336 e. The summed E-state index contributed by atoms with van der Waals surface area (Å²) in [4.78, 5) is 34.1. The topological polar surface area (TPSA) is 65.0 Å². The Morgan fingerprint density at radius 2 is 1.74 bits per heavy atom. The van der Waals surface area contributed by atoms with Gasteiger partial charge in [0.15, 0.2) is 0 Å². The van der Waals surface area contributed by atoms with Crippen molar-refractivity contribution >= 4 is 23.5 Å². The molecule has 1 spiro atoms. The van der Waals surface area contributed by atoms with E-state index in [0.717, 1.165) is 43.9 Å². The number of nitrogens with one attached hydrogen (secondary N) is 1. The zero-order valence-corrected chi connectivity index (χ0v) is 18.6. The maximum atomic E-state index is 14.4. The maximum Gasteiger partial charge on any atom is 0.328 e. The number of amidine groups is 1. The Kier molecular flexibility index (Phi) is 5.79. The number of halogens is 3. The van der Waals surface area contributed by atoms with E-state index in [4.69, 9.17) is 4.99 Å². The highest BCUT2D eigenvalue weighted by Crippen LogP contribution is 2.38. The van der Waals surface area contributed by atoms with Crippen LogP contribution in [-0.2, 0) is 0 Å². The quantitative estimate of drug-likeness (QED) is 0.710. The lowest BCUT2D eigenvalue weighted by Gasteiger charge is -2.44. The van der Waals surface area contributed by atoms with Gasteiger partial charge in [-0.3, -0.25) is 20.0 Å². The molecule has 1 unspecified atom stereocenters. The molecule has 2 heterocycles. The van der Waals surface area contributed by atoms with Gasteiger partial charge in [-0.05, 0) is 49.9 Å². The molecule has 5 rings (SSSR count). The first kappa shape index (κ1) is 22.4. The van der Waals surface area contributed by atoms with Gasteiger partial charge in [0, 0.05) is 12.6 Å². The molecule has 1 atom stereocenters. The number of rotatable bonds is 3. The van der Waals surface area contributed by atoms with Gasteiger partial charge in [-0.2, -0.15) is 0 Å². The molecule has 1 saturated carbocycles. The first-order valence-corrected chi connectivity index (χ1v) is 11.6. The fourth-order valence-electron chi connectivity index (χ4n) is 5.37. The van der Waals surface area contributed by atoms with Crippen molar-refractivity contribution in [3.05, 3.63) is 65.5 Å². The van der Waals surface area contributed by atoms with Crippen molar-refractivity contribution in [3.63, 3.8) is 0 Å². The molecule has 3 fully saturated rings. The van der Waals surface area contributed by atoms with Crippen LogP contribution in [0.2, 0.25) is 0 Å². The van der Waals surface area contributed by atoms with Crippen LogP contribution in [0, 0.1) is 17.5 Å². The molecule has 1 N–H and O–H groups in total. The number of anilines is 1. The second kappa shape index (κ2) is 8.77. The van der Waals surface area contributed by atoms with Crippen molar-refractivity contribution in [2.45, 2.75) is 50.1 Å². The number of carbonyl (C=O) groups excluding carboxylic acids is 2. The molecule has 3 amide bonds. The van der Waals surface area contributed by atoms with E-state index in [9.17, 15) is 22.8 Å². The Hall–Kier alpha value is -3.36. The summed E-state index contributed by atoms with van der Waals surface area (Å²) < 4.78 is 42.6. The highest BCUT2D eigenvalue weighted by Gasteiger charge is 2.55. The highest BCUT2D eigenvalue weighted by atomic mass is 19.1. The van der Waals surface area contributed by atoms with Crippen LogP contribution in [0.5, 0.6) is 0 Å². The third-order valence-corrected chi connectivity index (χ3v) is 6.90. The smallest absolute Gasteiger partial charge is 0.328 e. The Labute approximate surface area is 195 Å². The van der Waals surface area contributed by atoms with E-state index in [1.54, 1.807) is 6.07 Å². The molecule has 6 nitrogen and oxygen atoms in total. The molecule has 0 bridgehead atoms. The fourth-order valence-corrected chi connectivity index (χ4v) is 5.37. The summed E-state index contributed by atoms with van der Waals surface area (Å²) in [5.41, 5.74) is -1.14. The van der Waals surface area contributed by atoms with E-state index in [1.165, 1.54) is 28.0 Å². The average molecular weight is 470 g/mol. The van der Waals surface area contributed by atoms with Crippen LogP contribution >= 0.6 is 0 Å². The van der Waals surface area contributed by atoms with Gasteiger partial charge in [0.05, 0.1) is 23.8 Å². The van der Waals surface area contributed by atoms with Gasteiger partial charge in [0.25, 0.3) is 5.91 Å². The minimum absolute atomic E-state index is 0.0304. The van der Waals surface area contributed by atoms with Gasteiger partial charge in [-0.1, -0.05) is 25.0 Å². The van der Waals surface area contributed by atoms with Gasteiger partial charge >= 0.3 is 6.03 Å². The van der Waals surface area contributed by atoms with E-state index in [2.05, 4.69) is 5.32 Å². The number of aliphatic imine (C=N–C) groups is 1. The summed E-state index contributed by atoms with van der Waals surface area (Å²) in [5, 5.41) is 2.82. The normalized spacial score (nSPS) is 24.3. The lowest BCUT2D eigenvalue weighted by Crippen LogP contribution is -2.61. The van der Waals surface area contributed by atoms with Gasteiger partial charge in [-0.15, -0.1) is 0 Å². The SMILES string of the molecule is O=C(c1ccccc1F)N1CCCC2(C1)C(=NC1CCCC1)NC(=O)N2c1cc(F)cc(F)c1. The third-order valence-electron chi connectivity index (χ3n) is 6.90. The largest absolute Gasteiger partial charge is 0.336 e. The molecule has 3 aliphatic rings. The molecule has 2 aliphatic heterocycles. The summed E-state index contributed by atoms with van der Waals surface area (Å²) in [6, 6.07) is 8.16. The first-order valence-electron chi connectivity index (χ1n) is 11.6. The molecular weight excluding hydrogens is 445 g/mol. The highest BCUT2D eigenvalue weighted by molar-refractivity contribution is 6.19. The molecule has 178 valence electrons. The molecule has 2 aromatic carbocycles. The molecule has 9 heteroatoms. The van der Waals surface area contributed by atoms with E-state index >= 15 is 0 Å². The van der Waals surface area contributed by atoms with Crippen molar-refractivity contribution in [3.8, 4) is 0 Å². The maximum absolute atomic E-state index is 14.4. The second-order valence-corrected chi connectivity index (χ2v) is 9.15. The molecule has 0 aromatic heterocycles. The summed E-state index contributed by atoms with van der Waals surface area (Å²) in [5.74, 6) is -2.35. The lowest BCUT2D eigenvalue weighted by molar-refractivity contribution is 0.0681. The Morgan fingerprint density at radius 3 is 2.44 bits per heavy atom. The Bertz CT molecular complexity index is 1140. The minimum atomic E-state index is -1.13. The van der Waals surface area contributed by atoms with Crippen molar-refractivity contribution in [1.29, 1.82) is 0 Å². The number of amides is 3. The fraction of sp³-hybridized carbons (Fsp3) is 0.400. The third kappa shape index (κ3) is 3.93. The number of hydrogen-bond donors (Lipinski definition) is 1. The zero-order valence-electron chi connectivity index (χ0n) is 18.6. The van der Waals surface area contributed by atoms with Crippen molar-refractivity contribution in [2.75, 3.05) is 18.0 Å².